The first kappa shape index (κ1) is 29.2. The van der Waals surface area contributed by atoms with Gasteiger partial charge in [-0.05, 0) is 27.7 Å². The Balaban J connectivity index is 3.44. The lowest BCUT2D eigenvalue weighted by molar-refractivity contribution is -0.141. The lowest BCUT2D eigenvalue weighted by Gasteiger charge is -2.19. The molecule has 186 valence electrons. The highest BCUT2D eigenvalue weighted by molar-refractivity contribution is 5.77. The molecule has 0 aromatic rings. The Kier molecular flexibility index (Phi) is 16.3. The molecular formula is C19H35N3O10. The Morgan fingerprint density at radius 1 is 0.656 bits per heavy atom. The molecule has 13 heteroatoms. The van der Waals surface area contributed by atoms with E-state index in [4.69, 9.17) is 23.7 Å². The van der Waals surface area contributed by atoms with E-state index in [1.807, 2.05) is 0 Å². The number of carbonyl (C=O) groups excluding carboxylic acids is 4. The third kappa shape index (κ3) is 20.5. The zero-order chi connectivity index (χ0) is 24.2. The second-order valence-electron chi connectivity index (χ2n) is 7.01. The number of nitrogens with one attached hydrogen (secondary N) is 3. The summed E-state index contributed by atoms with van der Waals surface area (Å²) >= 11 is 0. The molecule has 3 amide bonds. The van der Waals surface area contributed by atoms with Gasteiger partial charge in [-0.25, -0.2) is 14.4 Å². The van der Waals surface area contributed by atoms with Crippen molar-refractivity contribution in [2.75, 3.05) is 65.9 Å². The van der Waals surface area contributed by atoms with Crippen molar-refractivity contribution in [2.24, 2.45) is 0 Å². The monoisotopic (exact) mass is 465 g/mol. The van der Waals surface area contributed by atoms with Gasteiger partial charge in [0.15, 0.2) is 0 Å². The van der Waals surface area contributed by atoms with Gasteiger partial charge in [0.1, 0.15) is 25.4 Å². The van der Waals surface area contributed by atoms with Gasteiger partial charge >= 0.3 is 24.2 Å². The van der Waals surface area contributed by atoms with Crippen molar-refractivity contribution in [3.8, 4) is 0 Å². The Labute approximate surface area is 187 Å². The fraction of sp³-hybridized carbons (Fsp3) is 0.789. The number of hydrogen-bond donors (Lipinski definition) is 3. The predicted molar refractivity (Wildman–Crippen MR) is 111 cm³/mol. The smallest absolute Gasteiger partial charge is 0.407 e. The Bertz CT molecular complexity index is 566. The van der Waals surface area contributed by atoms with Gasteiger partial charge in [-0.15, -0.1) is 0 Å². The molecule has 0 saturated heterocycles. The normalized spacial score (nSPS) is 10.6. The summed E-state index contributed by atoms with van der Waals surface area (Å²) < 4.78 is 29.8. The van der Waals surface area contributed by atoms with Crippen molar-refractivity contribution in [3.63, 3.8) is 0 Å². The van der Waals surface area contributed by atoms with Crippen LogP contribution in [0.15, 0.2) is 0 Å². The van der Waals surface area contributed by atoms with Crippen LogP contribution in [0.4, 0.5) is 14.4 Å². The number of rotatable bonds is 15. The molecule has 0 radical (unpaired) electrons. The van der Waals surface area contributed by atoms with E-state index in [2.05, 4.69) is 20.7 Å². The molecule has 13 nitrogen and oxygen atoms in total. The van der Waals surface area contributed by atoms with Crippen molar-refractivity contribution in [3.05, 3.63) is 0 Å². The van der Waals surface area contributed by atoms with Crippen LogP contribution in [0.3, 0.4) is 0 Å². The van der Waals surface area contributed by atoms with E-state index in [0.29, 0.717) is 0 Å². The largest absolute Gasteiger partial charge is 0.465 e. The van der Waals surface area contributed by atoms with Gasteiger partial charge in [-0.2, -0.15) is 0 Å². The molecule has 0 aliphatic heterocycles. The average molecular weight is 466 g/mol. The summed E-state index contributed by atoms with van der Waals surface area (Å²) in [6.45, 7) is 8.17. The number of amides is 3. The van der Waals surface area contributed by atoms with Crippen molar-refractivity contribution in [1.29, 1.82) is 0 Å². The van der Waals surface area contributed by atoms with E-state index in [1.54, 1.807) is 27.7 Å². The number of hydrogen-bond acceptors (Lipinski definition) is 10. The highest BCUT2D eigenvalue weighted by Gasteiger charge is 2.15. The van der Waals surface area contributed by atoms with E-state index in [-0.39, 0.29) is 65.9 Å². The quantitative estimate of drug-likeness (QED) is 0.177. The predicted octanol–water partition coefficient (Wildman–Crippen LogP) is 0.560. The summed E-state index contributed by atoms with van der Waals surface area (Å²) in [5.41, 5.74) is -0.562. The van der Waals surface area contributed by atoms with Crippen LogP contribution in [0.5, 0.6) is 0 Å². The van der Waals surface area contributed by atoms with Gasteiger partial charge in [0.2, 0.25) is 0 Å². The fourth-order valence-corrected chi connectivity index (χ4v) is 1.81. The molecule has 32 heavy (non-hydrogen) atoms. The molecule has 0 aliphatic carbocycles. The molecule has 0 unspecified atom stereocenters. The molecule has 0 bridgehead atoms. The third-order valence-electron chi connectivity index (χ3n) is 3.03. The molecule has 0 rings (SSSR count). The Hall–Kier alpha value is -2.80. The molecule has 0 fully saturated rings. The minimum atomic E-state index is -0.758. The lowest BCUT2D eigenvalue weighted by Crippen LogP contribution is -2.34. The van der Waals surface area contributed by atoms with Gasteiger partial charge in [0.05, 0.1) is 33.0 Å². The van der Waals surface area contributed by atoms with Gasteiger partial charge in [-0.3, -0.25) is 4.79 Å². The van der Waals surface area contributed by atoms with E-state index in [1.165, 1.54) is 0 Å². The molecule has 0 spiro atoms. The minimum absolute atomic E-state index is 0.0147. The van der Waals surface area contributed by atoms with Crippen LogP contribution in [-0.4, -0.2) is 95.7 Å². The number of alkyl carbamates (subject to hydrolysis) is 3. The van der Waals surface area contributed by atoms with Crippen LogP contribution in [-0.2, 0) is 33.2 Å². The van der Waals surface area contributed by atoms with Crippen LogP contribution in [0.25, 0.3) is 0 Å². The zero-order valence-electron chi connectivity index (χ0n) is 19.2. The lowest BCUT2D eigenvalue weighted by atomic mass is 10.2. The topological polar surface area (TPSA) is 160 Å². The van der Waals surface area contributed by atoms with Crippen LogP contribution in [0.1, 0.15) is 27.7 Å². The number of carbonyl (C=O) groups is 4. The molecule has 0 atom stereocenters. The summed E-state index contributed by atoms with van der Waals surface area (Å²) in [4.78, 5) is 45.2. The maximum Gasteiger partial charge on any atom is 0.407 e. The summed E-state index contributed by atoms with van der Waals surface area (Å²) in [5, 5.41) is 7.25. The summed E-state index contributed by atoms with van der Waals surface area (Å²) in [6, 6.07) is 0. The second kappa shape index (κ2) is 17.8. The molecule has 0 aromatic heterocycles. The number of ether oxygens (including phenoxy) is 6. The highest BCUT2D eigenvalue weighted by atomic mass is 16.6. The van der Waals surface area contributed by atoms with Gasteiger partial charge in [-0.1, -0.05) is 0 Å². The third-order valence-corrected chi connectivity index (χ3v) is 3.03. The molecule has 0 heterocycles. The van der Waals surface area contributed by atoms with Crippen molar-refractivity contribution in [1.82, 2.24) is 16.0 Å². The van der Waals surface area contributed by atoms with Crippen molar-refractivity contribution < 1.29 is 47.6 Å². The second-order valence-corrected chi connectivity index (χ2v) is 7.01. The molecule has 0 saturated carbocycles. The first-order valence-corrected chi connectivity index (χ1v) is 10.2. The zero-order valence-corrected chi connectivity index (χ0v) is 19.2. The van der Waals surface area contributed by atoms with E-state index < -0.39 is 29.9 Å². The van der Waals surface area contributed by atoms with Crippen LogP contribution in [0.2, 0.25) is 0 Å². The van der Waals surface area contributed by atoms with E-state index in [9.17, 15) is 19.2 Å². The first-order chi connectivity index (χ1) is 15.1. The molecule has 0 aromatic carbocycles. The average Bonchev–Trinajstić information content (AvgIpc) is 2.69. The maximum atomic E-state index is 11.5. The first-order valence-electron chi connectivity index (χ1n) is 10.2. The molecule has 0 aliphatic rings. The number of esters is 1. The molecule has 3 N–H and O–H groups in total. The van der Waals surface area contributed by atoms with Gasteiger partial charge in [0, 0.05) is 13.1 Å². The van der Waals surface area contributed by atoms with Crippen LogP contribution < -0.4 is 16.0 Å². The Morgan fingerprint density at radius 3 is 1.66 bits per heavy atom. The van der Waals surface area contributed by atoms with Crippen LogP contribution >= 0.6 is 0 Å². The van der Waals surface area contributed by atoms with Crippen LogP contribution in [0, 0.1) is 0 Å². The van der Waals surface area contributed by atoms with Gasteiger partial charge in [0.25, 0.3) is 0 Å². The minimum Gasteiger partial charge on any atom is -0.465 e. The van der Waals surface area contributed by atoms with Gasteiger partial charge < -0.3 is 44.4 Å². The standard InChI is InChI=1S/C19H35N3O10/c1-5-29-15(23)14-22-17(25)31-13-11-27-8-6-20-16(24)30-12-10-28-9-7-21-18(26)32-19(2,3)4/h5-14H2,1-4H3,(H,20,24)(H,21,26)(H,22,25). The van der Waals surface area contributed by atoms with E-state index >= 15 is 0 Å². The Morgan fingerprint density at radius 2 is 1.16 bits per heavy atom. The SMILES string of the molecule is CCOC(=O)CNC(=O)OCCOCCNC(=O)OCCOCCNC(=O)OC(C)(C)C. The summed E-state index contributed by atoms with van der Waals surface area (Å²) in [7, 11) is 0. The highest BCUT2D eigenvalue weighted by Crippen LogP contribution is 2.05. The summed E-state index contributed by atoms with van der Waals surface area (Å²) in [6.07, 6.45) is -1.91. The molecular weight excluding hydrogens is 430 g/mol. The maximum absolute atomic E-state index is 11.5. The van der Waals surface area contributed by atoms with E-state index in [0.717, 1.165) is 0 Å². The fourth-order valence-electron chi connectivity index (χ4n) is 1.81. The van der Waals surface area contributed by atoms with Crippen molar-refractivity contribution in [2.45, 2.75) is 33.3 Å². The van der Waals surface area contributed by atoms with Crippen molar-refractivity contribution >= 4 is 24.2 Å². The summed E-state index contributed by atoms with van der Waals surface area (Å²) in [5.74, 6) is -0.555.